The molecule has 0 saturated heterocycles. The van der Waals surface area contributed by atoms with Crippen molar-refractivity contribution in [3.63, 3.8) is 0 Å². The molecule has 2 aliphatic rings. The van der Waals surface area contributed by atoms with Crippen molar-refractivity contribution in [2.24, 2.45) is 17.6 Å². The molecule has 2 aliphatic carbocycles. The van der Waals surface area contributed by atoms with Crippen LogP contribution < -0.4 is 5.73 Å². The van der Waals surface area contributed by atoms with Crippen molar-refractivity contribution in [1.29, 1.82) is 0 Å². The molecule has 1 nitrogen and oxygen atoms in total. The lowest BCUT2D eigenvalue weighted by Gasteiger charge is -2.21. The van der Waals surface area contributed by atoms with Gasteiger partial charge in [-0.3, -0.25) is 0 Å². The zero-order valence-corrected chi connectivity index (χ0v) is 7.88. The maximum absolute atomic E-state index is 6.16. The highest BCUT2D eigenvalue weighted by Crippen LogP contribution is 2.48. The van der Waals surface area contributed by atoms with E-state index in [0.29, 0.717) is 5.92 Å². The van der Waals surface area contributed by atoms with Crippen LogP contribution in [0.1, 0.15) is 26.7 Å². The maximum atomic E-state index is 6.16. The van der Waals surface area contributed by atoms with Crippen molar-refractivity contribution in [3.8, 4) is 0 Å². The zero-order valence-electron chi connectivity index (χ0n) is 7.88. The predicted octanol–water partition coefficient (Wildman–Crippen LogP) is 2.25. The molecule has 2 rings (SSSR count). The lowest BCUT2D eigenvalue weighted by atomic mass is 9.92. The first kappa shape index (κ1) is 8.06. The highest BCUT2D eigenvalue weighted by molar-refractivity contribution is 5.23. The Labute approximate surface area is 74.3 Å². The topological polar surface area (TPSA) is 26.0 Å². The number of rotatable bonds is 0. The summed E-state index contributed by atoms with van der Waals surface area (Å²) in [4.78, 5) is 0. The standard InChI is InChI=1S/C11H17N/c1-8-4-3-5-11(2,12)10-7-9(10)6-8/h3,5-6,9-10H,4,7,12H2,1-2H3. The molecule has 3 unspecified atom stereocenters. The second-order valence-electron chi connectivity index (χ2n) is 4.49. The normalized spacial score (nSPS) is 45.8. The van der Waals surface area contributed by atoms with Crippen molar-refractivity contribution in [2.75, 3.05) is 0 Å². The third kappa shape index (κ3) is 1.34. The van der Waals surface area contributed by atoms with Gasteiger partial charge in [-0.2, -0.15) is 0 Å². The van der Waals surface area contributed by atoms with Crippen LogP contribution in [0.25, 0.3) is 0 Å². The van der Waals surface area contributed by atoms with E-state index >= 15 is 0 Å². The molecule has 3 atom stereocenters. The van der Waals surface area contributed by atoms with E-state index in [2.05, 4.69) is 32.1 Å². The van der Waals surface area contributed by atoms with Crippen molar-refractivity contribution in [1.82, 2.24) is 0 Å². The van der Waals surface area contributed by atoms with Gasteiger partial charge in [0.15, 0.2) is 0 Å². The minimum Gasteiger partial charge on any atom is -0.322 e. The van der Waals surface area contributed by atoms with Gasteiger partial charge in [0.1, 0.15) is 0 Å². The Kier molecular flexibility index (Phi) is 1.65. The summed E-state index contributed by atoms with van der Waals surface area (Å²) in [5, 5.41) is 0. The lowest BCUT2D eigenvalue weighted by Crippen LogP contribution is -2.37. The number of nitrogens with two attached hydrogens (primary N) is 1. The molecule has 0 aromatic rings. The van der Waals surface area contributed by atoms with Crippen molar-refractivity contribution in [2.45, 2.75) is 32.2 Å². The monoisotopic (exact) mass is 163 g/mol. The quantitative estimate of drug-likeness (QED) is 0.544. The number of allylic oxidation sites excluding steroid dienone is 3. The molecule has 1 heteroatoms. The summed E-state index contributed by atoms with van der Waals surface area (Å²) in [6.45, 7) is 4.35. The van der Waals surface area contributed by atoms with E-state index in [0.717, 1.165) is 12.3 Å². The molecule has 0 heterocycles. The minimum atomic E-state index is -0.0537. The van der Waals surface area contributed by atoms with E-state index in [4.69, 9.17) is 5.73 Å². The van der Waals surface area contributed by atoms with Crippen LogP contribution in [0, 0.1) is 11.8 Å². The van der Waals surface area contributed by atoms with Crippen molar-refractivity contribution < 1.29 is 0 Å². The van der Waals surface area contributed by atoms with E-state index in [1.165, 1.54) is 12.0 Å². The first-order chi connectivity index (χ1) is 5.59. The van der Waals surface area contributed by atoms with E-state index < -0.39 is 0 Å². The molecule has 1 saturated carbocycles. The molecule has 12 heavy (non-hydrogen) atoms. The second-order valence-corrected chi connectivity index (χ2v) is 4.49. The molecule has 0 aliphatic heterocycles. The summed E-state index contributed by atoms with van der Waals surface area (Å²) in [7, 11) is 0. The fraction of sp³-hybridized carbons (Fsp3) is 0.636. The van der Waals surface area contributed by atoms with Gasteiger partial charge in [-0.15, -0.1) is 0 Å². The average molecular weight is 163 g/mol. The minimum absolute atomic E-state index is 0.0537. The Bertz CT molecular complexity index is 248. The Morgan fingerprint density at radius 2 is 2.33 bits per heavy atom. The highest BCUT2D eigenvalue weighted by atomic mass is 14.8. The zero-order chi connectivity index (χ0) is 8.77. The number of fused-ring (bicyclic) bond motifs is 1. The highest BCUT2D eigenvalue weighted by Gasteiger charge is 2.45. The van der Waals surface area contributed by atoms with Crippen LogP contribution in [0.4, 0.5) is 0 Å². The van der Waals surface area contributed by atoms with Crippen molar-refractivity contribution in [3.05, 3.63) is 23.8 Å². The molecule has 0 radical (unpaired) electrons. The summed E-state index contributed by atoms with van der Waals surface area (Å²) in [6.07, 6.45) is 9.17. The largest absolute Gasteiger partial charge is 0.322 e. The van der Waals surface area contributed by atoms with E-state index in [9.17, 15) is 0 Å². The molecule has 0 aromatic heterocycles. The van der Waals surface area contributed by atoms with Crippen LogP contribution in [-0.2, 0) is 0 Å². The summed E-state index contributed by atoms with van der Waals surface area (Å²) >= 11 is 0. The van der Waals surface area contributed by atoms with Crippen molar-refractivity contribution >= 4 is 0 Å². The van der Waals surface area contributed by atoms with Gasteiger partial charge in [-0.05, 0) is 38.5 Å². The molecule has 0 amide bonds. The first-order valence-electron chi connectivity index (χ1n) is 4.73. The lowest BCUT2D eigenvalue weighted by molar-refractivity contribution is 0.489. The van der Waals surface area contributed by atoms with Gasteiger partial charge in [0.25, 0.3) is 0 Å². The Balaban J connectivity index is 2.21. The molecule has 66 valence electrons. The molecule has 2 N–H and O–H groups in total. The maximum Gasteiger partial charge on any atom is 0.0345 e. The summed E-state index contributed by atoms with van der Waals surface area (Å²) < 4.78 is 0. The third-order valence-electron chi connectivity index (χ3n) is 3.05. The molecule has 0 aromatic carbocycles. The summed E-state index contributed by atoms with van der Waals surface area (Å²) in [5.74, 6) is 1.47. The smallest absolute Gasteiger partial charge is 0.0345 e. The number of hydrogen-bond acceptors (Lipinski definition) is 1. The van der Waals surface area contributed by atoms with Crippen LogP contribution in [0.3, 0.4) is 0 Å². The van der Waals surface area contributed by atoms with Crippen LogP contribution in [-0.4, -0.2) is 5.54 Å². The summed E-state index contributed by atoms with van der Waals surface area (Å²) in [5.41, 5.74) is 7.60. The molecule has 1 fully saturated rings. The average Bonchev–Trinajstić information content (AvgIpc) is 2.65. The molecular formula is C11H17N. The van der Waals surface area contributed by atoms with Crippen LogP contribution in [0.2, 0.25) is 0 Å². The first-order valence-corrected chi connectivity index (χ1v) is 4.73. The predicted molar refractivity (Wildman–Crippen MR) is 51.7 cm³/mol. The number of hydrogen-bond donors (Lipinski definition) is 1. The fourth-order valence-electron chi connectivity index (χ4n) is 2.17. The van der Waals surface area contributed by atoms with Gasteiger partial charge in [0.05, 0.1) is 0 Å². The second kappa shape index (κ2) is 2.46. The van der Waals surface area contributed by atoms with Crippen LogP contribution >= 0.6 is 0 Å². The molecule has 0 spiro atoms. The van der Waals surface area contributed by atoms with Crippen LogP contribution in [0.15, 0.2) is 23.8 Å². The molecular weight excluding hydrogens is 146 g/mol. The van der Waals surface area contributed by atoms with E-state index in [1.54, 1.807) is 0 Å². The van der Waals surface area contributed by atoms with E-state index in [-0.39, 0.29) is 5.54 Å². The molecule has 0 bridgehead atoms. The van der Waals surface area contributed by atoms with Gasteiger partial charge >= 0.3 is 0 Å². The van der Waals surface area contributed by atoms with Gasteiger partial charge in [0.2, 0.25) is 0 Å². The SMILES string of the molecule is CC1=CC2CC2C(C)(N)C=CC1. The van der Waals surface area contributed by atoms with E-state index in [1.807, 2.05) is 0 Å². The fourth-order valence-corrected chi connectivity index (χ4v) is 2.17. The third-order valence-corrected chi connectivity index (χ3v) is 3.05. The van der Waals surface area contributed by atoms with Gasteiger partial charge in [-0.1, -0.05) is 23.8 Å². The Hall–Kier alpha value is -0.560. The Morgan fingerprint density at radius 3 is 3.08 bits per heavy atom. The summed E-state index contributed by atoms with van der Waals surface area (Å²) in [6, 6.07) is 0. The van der Waals surface area contributed by atoms with Gasteiger partial charge in [0, 0.05) is 5.54 Å². The Morgan fingerprint density at radius 1 is 1.58 bits per heavy atom. The van der Waals surface area contributed by atoms with Gasteiger partial charge in [-0.25, -0.2) is 0 Å². The van der Waals surface area contributed by atoms with Gasteiger partial charge < -0.3 is 5.73 Å². The van der Waals surface area contributed by atoms with Crippen LogP contribution in [0.5, 0.6) is 0 Å².